The molecule has 2 unspecified atom stereocenters. The first-order valence-electron chi connectivity index (χ1n) is 6.24. The standard InChI is InChI=1S/C14H18BrN/c15-13-8-4-1-5-10(13)9-14(16)11-6-2-3-7-12(11)14/h1,4-5,8,11-12H,2-3,6-7,9,16H2. The normalized spacial score (nSPS) is 36.9. The van der Waals surface area contributed by atoms with Gasteiger partial charge in [0.15, 0.2) is 0 Å². The minimum atomic E-state index is 0.111. The minimum Gasteiger partial charge on any atom is -0.324 e. The Hall–Kier alpha value is -0.340. The number of nitrogens with two attached hydrogens (primary N) is 1. The van der Waals surface area contributed by atoms with E-state index < -0.39 is 0 Å². The lowest BCUT2D eigenvalue weighted by Gasteiger charge is -2.13. The van der Waals surface area contributed by atoms with Crippen molar-refractivity contribution in [1.82, 2.24) is 0 Å². The summed E-state index contributed by atoms with van der Waals surface area (Å²) in [6.07, 6.45) is 6.52. The molecular formula is C14H18BrN. The predicted molar refractivity (Wildman–Crippen MR) is 70.2 cm³/mol. The molecule has 2 aliphatic rings. The van der Waals surface area contributed by atoms with Gasteiger partial charge in [0.1, 0.15) is 0 Å². The smallest absolute Gasteiger partial charge is 0.0259 e. The summed E-state index contributed by atoms with van der Waals surface area (Å²) in [6, 6.07) is 8.49. The van der Waals surface area contributed by atoms with Crippen molar-refractivity contribution in [3.05, 3.63) is 34.3 Å². The molecule has 1 nitrogen and oxygen atoms in total. The highest BCUT2D eigenvalue weighted by molar-refractivity contribution is 9.10. The molecule has 0 amide bonds. The topological polar surface area (TPSA) is 26.0 Å². The number of fused-ring (bicyclic) bond motifs is 1. The van der Waals surface area contributed by atoms with Crippen LogP contribution in [0.4, 0.5) is 0 Å². The average molecular weight is 280 g/mol. The van der Waals surface area contributed by atoms with Crippen molar-refractivity contribution < 1.29 is 0 Å². The van der Waals surface area contributed by atoms with E-state index in [1.807, 2.05) is 0 Å². The van der Waals surface area contributed by atoms with Gasteiger partial charge in [-0.25, -0.2) is 0 Å². The van der Waals surface area contributed by atoms with Gasteiger partial charge in [-0.15, -0.1) is 0 Å². The van der Waals surface area contributed by atoms with Crippen LogP contribution in [0.25, 0.3) is 0 Å². The Morgan fingerprint density at radius 1 is 1.19 bits per heavy atom. The van der Waals surface area contributed by atoms with Crippen molar-refractivity contribution in [2.24, 2.45) is 17.6 Å². The molecule has 0 aliphatic heterocycles. The fourth-order valence-electron chi connectivity index (χ4n) is 3.53. The first-order chi connectivity index (χ1) is 7.72. The van der Waals surface area contributed by atoms with Gasteiger partial charge in [0, 0.05) is 10.0 Å². The van der Waals surface area contributed by atoms with Crippen LogP contribution in [0.1, 0.15) is 31.2 Å². The van der Waals surface area contributed by atoms with Crippen molar-refractivity contribution in [2.75, 3.05) is 0 Å². The van der Waals surface area contributed by atoms with Gasteiger partial charge in [-0.3, -0.25) is 0 Å². The highest BCUT2D eigenvalue weighted by Crippen LogP contribution is 2.58. The van der Waals surface area contributed by atoms with Gasteiger partial charge in [0.25, 0.3) is 0 Å². The summed E-state index contributed by atoms with van der Waals surface area (Å²) < 4.78 is 1.21. The van der Waals surface area contributed by atoms with Gasteiger partial charge in [0.2, 0.25) is 0 Å². The van der Waals surface area contributed by atoms with Gasteiger partial charge in [-0.05, 0) is 42.7 Å². The zero-order chi connectivity index (χ0) is 11.2. The van der Waals surface area contributed by atoms with Crippen molar-refractivity contribution >= 4 is 15.9 Å². The second-order valence-corrected chi connectivity index (χ2v) is 6.23. The lowest BCUT2D eigenvalue weighted by molar-refractivity contribution is 0.480. The van der Waals surface area contributed by atoms with E-state index in [-0.39, 0.29) is 5.54 Å². The second kappa shape index (κ2) is 3.85. The minimum absolute atomic E-state index is 0.111. The molecule has 2 atom stereocenters. The van der Waals surface area contributed by atoms with Gasteiger partial charge in [0.05, 0.1) is 0 Å². The fourth-order valence-corrected chi connectivity index (χ4v) is 3.96. The molecule has 0 aromatic heterocycles. The number of hydrogen-bond donors (Lipinski definition) is 1. The summed E-state index contributed by atoms with van der Waals surface area (Å²) in [4.78, 5) is 0. The van der Waals surface area contributed by atoms with E-state index in [0.29, 0.717) is 0 Å². The van der Waals surface area contributed by atoms with Gasteiger partial charge in [-0.1, -0.05) is 47.0 Å². The van der Waals surface area contributed by atoms with Gasteiger partial charge < -0.3 is 5.73 Å². The molecule has 0 radical (unpaired) electrons. The molecule has 2 fully saturated rings. The van der Waals surface area contributed by atoms with E-state index in [2.05, 4.69) is 40.2 Å². The van der Waals surface area contributed by atoms with Crippen LogP contribution in [0.3, 0.4) is 0 Å². The maximum absolute atomic E-state index is 6.58. The molecule has 2 saturated carbocycles. The van der Waals surface area contributed by atoms with Crippen LogP contribution >= 0.6 is 15.9 Å². The summed E-state index contributed by atoms with van der Waals surface area (Å²) >= 11 is 3.62. The molecule has 3 rings (SSSR count). The Morgan fingerprint density at radius 3 is 2.44 bits per heavy atom. The third kappa shape index (κ3) is 1.63. The number of benzene rings is 1. The third-order valence-electron chi connectivity index (χ3n) is 4.49. The summed E-state index contributed by atoms with van der Waals surface area (Å²) in [7, 11) is 0. The van der Waals surface area contributed by atoms with E-state index in [9.17, 15) is 0 Å². The highest BCUT2D eigenvalue weighted by Gasteiger charge is 2.61. The van der Waals surface area contributed by atoms with Crippen molar-refractivity contribution in [1.29, 1.82) is 0 Å². The molecular weight excluding hydrogens is 262 g/mol. The van der Waals surface area contributed by atoms with Crippen LogP contribution in [-0.4, -0.2) is 5.54 Å². The molecule has 0 saturated heterocycles. The van der Waals surface area contributed by atoms with E-state index in [4.69, 9.17) is 5.73 Å². The quantitative estimate of drug-likeness (QED) is 0.881. The Bertz CT molecular complexity index is 389. The van der Waals surface area contributed by atoms with E-state index in [1.54, 1.807) is 0 Å². The first kappa shape index (κ1) is 10.8. The maximum Gasteiger partial charge on any atom is 0.0259 e. The Balaban J connectivity index is 1.78. The molecule has 86 valence electrons. The average Bonchev–Trinajstić information content (AvgIpc) is 2.89. The molecule has 0 spiro atoms. The molecule has 2 N–H and O–H groups in total. The zero-order valence-electron chi connectivity index (χ0n) is 9.45. The van der Waals surface area contributed by atoms with E-state index in [1.165, 1.54) is 35.7 Å². The molecule has 0 bridgehead atoms. The van der Waals surface area contributed by atoms with Crippen LogP contribution < -0.4 is 5.73 Å². The summed E-state index contributed by atoms with van der Waals surface area (Å²) in [6.45, 7) is 0. The predicted octanol–water partition coefficient (Wildman–Crippen LogP) is 3.51. The number of halogens is 1. The Kier molecular flexibility index (Phi) is 2.60. The van der Waals surface area contributed by atoms with Crippen molar-refractivity contribution in [3.8, 4) is 0 Å². The number of rotatable bonds is 2. The summed E-state index contributed by atoms with van der Waals surface area (Å²) in [5, 5.41) is 0. The third-order valence-corrected chi connectivity index (χ3v) is 5.27. The number of hydrogen-bond acceptors (Lipinski definition) is 1. The maximum atomic E-state index is 6.58. The first-order valence-corrected chi connectivity index (χ1v) is 7.03. The summed E-state index contributed by atoms with van der Waals surface area (Å²) in [5.41, 5.74) is 8.06. The molecule has 1 aromatic carbocycles. The Morgan fingerprint density at radius 2 is 1.81 bits per heavy atom. The van der Waals surface area contributed by atoms with Crippen molar-refractivity contribution in [3.63, 3.8) is 0 Å². The fraction of sp³-hybridized carbons (Fsp3) is 0.571. The molecule has 2 heteroatoms. The lowest BCUT2D eigenvalue weighted by atomic mass is 10.0. The molecule has 0 heterocycles. The van der Waals surface area contributed by atoms with Gasteiger partial charge in [-0.2, -0.15) is 0 Å². The highest BCUT2D eigenvalue weighted by atomic mass is 79.9. The molecule has 1 aromatic rings. The monoisotopic (exact) mass is 279 g/mol. The molecule has 2 aliphatic carbocycles. The van der Waals surface area contributed by atoms with Crippen LogP contribution in [0, 0.1) is 11.8 Å². The zero-order valence-corrected chi connectivity index (χ0v) is 11.0. The van der Waals surface area contributed by atoms with Crippen LogP contribution in [0.15, 0.2) is 28.7 Å². The summed E-state index contributed by atoms with van der Waals surface area (Å²) in [5.74, 6) is 1.60. The van der Waals surface area contributed by atoms with Gasteiger partial charge >= 0.3 is 0 Å². The van der Waals surface area contributed by atoms with E-state index >= 15 is 0 Å². The SMILES string of the molecule is NC1(Cc2ccccc2Br)C2CCCCC21. The molecule has 16 heavy (non-hydrogen) atoms. The Labute approximate surface area is 106 Å². The van der Waals surface area contributed by atoms with Crippen molar-refractivity contribution in [2.45, 2.75) is 37.6 Å². The largest absolute Gasteiger partial charge is 0.324 e. The van der Waals surface area contributed by atoms with Crippen LogP contribution in [0.5, 0.6) is 0 Å². The van der Waals surface area contributed by atoms with Crippen LogP contribution in [0.2, 0.25) is 0 Å². The second-order valence-electron chi connectivity index (χ2n) is 5.38. The van der Waals surface area contributed by atoms with E-state index in [0.717, 1.165) is 18.3 Å². The van der Waals surface area contributed by atoms with Crippen LogP contribution in [-0.2, 0) is 6.42 Å². The lowest BCUT2D eigenvalue weighted by Crippen LogP contribution is -2.29.